The molecule has 1 aliphatic rings. The maximum Gasteiger partial charge on any atom is 0.351 e. The molecule has 0 aromatic heterocycles. The fraction of sp³-hybridized carbons (Fsp3) is 0.222. The second-order valence-corrected chi connectivity index (χ2v) is 6.49. The van der Waals surface area contributed by atoms with Gasteiger partial charge in [-0.1, -0.05) is 23.9 Å². The molecule has 0 radical (unpaired) electrons. The Morgan fingerprint density at radius 1 is 1.15 bits per heavy atom. The maximum absolute atomic E-state index is 12.3. The Hall–Kier alpha value is -2.81. The van der Waals surface area contributed by atoms with Gasteiger partial charge in [-0.25, -0.2) is 4.79 Å². The van der Waals surface area contributed by atoms with Crippen molar-refractivity contribution < 1.29 is 32.6 Å². The lowest BCUT2D eigenvalue weighted by Crippen LogP contribution is -2.39. The largest absolute Gasteiger partial charge is 0.485 e. The van der Waals surface area contributed by atoms with E-state index in [9.17, 15) is 18.4 Å². The van der Waals surface area contributed by atoms with E-state index in [1.165, 1.54) is 24.3 Å². The van der Waals surface area contributed by atoms with Crippen LogP contribution in [0, 0.1) is 0 Å². The Bertz CT molecular complexity index is 816. The number of fused-ring (bicyclic) bond motifs is 1. The van der Waals surface area contributed by atoms with Crippen molar-refractivity contribution in [1.82, 2.24) is 0 Å². The minimum absolute atomic E-state index is 0.0132. The summed E-state index contributed by atoms with van der Waals surface area (Å²) < 4.78 is 40.4. The van der Waals surface area contributed by atoms with Crippen molar-refractivity contribution in [2.24, 2.45) is 0 Å². The highest BCUT2D eigenvalue weighted by molar-refractivity contribution is 7.99. The van der Waals surface area contributed by atoms with Crippen LogP contribution in [0.15, 0.2) is 53.4 Å². The fourth-order valence-electron chi connectivity index (χ4n) is 2.28. The van der Waals surface area contributed by atoms with Crippen LogP contribution in [-0.4, -0.2) is 37.0 Å². The molecule has 1 heterocycles. The molecule has 9 heteroatoms. The van der Waals surface area contributed by atoms with E-state index < -0.39 is 30.3 Å². The Morgan fingerprint density at radius 3 is 2.56 bits per heavy atom. The topological polar surface area (TPSA) is 73.9 Å². The molecule has 0 saturated heterocycles. The minimum atomic E-state index is -2.51. The number of rotatable bonds is 6. The molecule has 0 unspecified atom stereocenters. The third-order valence-corrected chi connectivity index (χ3v) is 4.20. The first-order valence-electron chi connectivity index (χ1n) is 7.91. The molecule has 142 valence electrons. The number of para-hydroxylation sites is 2. The molecule has 2 aromatic rings. The van der Waals surface area contributed by atoms with Gasteiger partial charge in [0, 0.05) is 10.6 Å². The van der Waals surface area contributed by atoms with Crippen molar-refractivity contribution >= 4 is 29.3 Å². The Kier molecular flexibility index (Phi) is 6.12. The van der Waals surface area contributed by atoms with Gasteiger partial charge in [0.1, 0.15) is 6.61 Å². The van der Waals surface area contributed by atoms with Gasteiger partial charge in [-0.05, 0) is 36.4 Å². The van der Waals surface area contributed by atoms with Crippen LogP contribution < -0.4 is 14.8 Å². The molecule has 2 aromatic carbocycles. The number of carbonyl (C=O) groups excluding carboxylic acids is 2. The zero-order valence-corrected chi connectivity index (χ0v) is 14.7. The van der Waals surface area contributed by atoms with E-state index in [4.69, 9.17) is 14.2 Å². The standard InChI is InChI=1S/C18H15F2NO5S/c19-18(20)27-12-7-5-11(6-8-12)21-16(22)10-25-17(23)15-9-24-13-3-1-2-4-14(13)26-15/h1-8,15,18H,9-10H2,(H,21,22)/t15-/m1/s1. The highest BCUT2D eigenvalue weighted by Gasteiger charge is 2.29. The van der Waals surface area contributed by atoms with Crippen molar-refractivity contribution in [3.63, 3.8) is 0 Å². The summed E-state index contributed by atoms with van der Waals surface area (Å²) in [6.45, 7) is -0.519. The quantitative estimate of drug-likeness (QED) is 0.598. The number of nitrogens with one attached hydrogen (secondary N) is 1. The number of amides is 1. The van der Waals surface area contributed by atoms with Crippen molar-refractivity contribution in [3.8, 4) is 11.5 Å². The van der Waals surface area contributed by atoms with Crippen molar-refractivity contribution in [1.29, 1.82) is 0 Å². The molecular weight excluding hydrogens is 380 g/mol. The van der Waals surface area contributed by atoms with Gasteiger partial charge in [0.05, 0.1) is 0 Å². The van der Waals surface area contributed by atoms with Crippen molar-refractivity contribution in [2.45, 2.75) is 16.8 Å². The van der Waals surface area contributed by atoms with Gasteiger partial charge in [0.2, 0.25) is 6.10 Å². The van der Waals surface area contributed by atoms with Gasteiger partial charge in [0.25, 0.3) is 11.7 Å². The lowest BCUT2D eigenvalue weighted by atomic mass is 10.2. The van der Waals surface area contributed by atoms with Crippen LogP contribution in [0.25, 0.3) is 0 Å². The number of hydrogen-bond acceptors (Lipinski definition) is 6. The number of halogens is 2. The van der Waals surface area contributed by atoms with Crippen LogP contribution in [0.4, 0.5) is 14.5 Å². The molecule has 1 N–H and O–H groups in total. The molecule has 27 heavy (non-hydrogen) atoms. The number of carbonyl (C=O) groups is 2. The van der Waals surface area contributed by atoms with Gasteiger partial charge in [0.15, 0.2) is 18.1 Å². The number of esters is 1. The highest BCUT2D eigenvalue weighted by Crippen LogP contribution is 2.31. The van der Waals surface area contributed by atoms with E-state index in [1.54, 1.807) is 24.3 Å². The molecule has 6 nitrogen and oxygen atoms in total. The highest BCUT2D eigenvalue weighted by atomic mass is 32.2. The fourth-order valence-corrected chi connectivity index (χ4v) is 2.78. The summed E-state index contributed by atoms with van der Waals surface area (Å²) in [6, 6.07) is 12.8. The third-order valence-electron chi connectivity index (χ3n) is 3.48. The molecule has 0 fully saturated rings. The predicted octanol–water partition coefficient (Wildman–Crippen LogP) is 3.32. The van der Waals surface area contributed by atoms with E-state index in [2.05, 4.69) is 5.32 Å². The summed E-state index contributed by atoms with van der Waals surface area (Å²) in [6.07, 6.45) is -0.960. The molecule has 1 amide bonds. The SMILES string of the molecule is O=C(COC(=O)[C@H]1COc2ccccc2O1)Nc1ccc(SC(F)F)cc1. The van der Waals surface area contributed by atoms with E-state index in [0.29, 0.717) is 33.8 Å². The Labute approximate surface area is 157 Å². The van der Waals surface area contributed by atoms with Crippen molar-refractivity contribution in [3.05, 3.63) is 48.5 Å². The molecule has 0 saturated carbocycles. The average Bonchev–Trinajstić information content (AvgIpc) is 2.67. The summed E-state index contributed by atoms with van der Waals surface area (Å²) in [5.74, 6) is -2.83. The maximum atomic E-state index is 12.3. The lowest BCUT2D eigenvalue weighted by molar-refractivity contribution is -0.156. The first-order valence-corrected chi connectivity index (χ1v) is 8.79. The summed E-state index contributed by atoms with van der Waals surface area (Å²) in [7, 11) is 0. The van der Waals surface area contributed by atoms with E-state index in [1.807, 2.05) is 0 Å². The predicted molar refractivity (Wildman–Crippen MR) is 94.2 cm³/mol. The van der Waals surface area contributed by atoms with Gasteiger partial charge >= 0.3 is 5.97 Å². The normalized spacial score (nSPS) is 15.3. The van der Waals surface area contributed by atoms with Gasteiger partial charge in [-0.2, -0.15) is 8.78 Å². The number of thioether (sulfide) groups is 1. The summed E-state index contributed by atoms with van der Waals surface area (Å²) in [4.78, 5) is 24.3. The molecule has 0 spiro atoms. The van der Waals surface area contributed by atoms with Crippen LogP contribution in [0.1, 0.15) is 0 Å². The van der Waals surface area contributed by atoms with E-state index in [0.717, 1.165) is 0 Å². The van der Waals surface area contributed by atoms with Gasteiger partial charge in [-0.3, -0.25) is 4.79 Å². The Morgan fingerprint density at radius 2 is 1.85 bits per heavy atom. The van der Waals surface area contributed by atoms with Crippen LogP contribution >= 0.6 is 11.8 Å². The summed E-state index contributed by atoms with van der Waals surface area (Å²) in [5, 5.41) is 2.51. The molecule has 0 bridgehead atoms. The zero-order chi connectivity index (χ0) is 19.2. The zero-order valence-electron chi connectivity index (χ0n) is 13.9. The molecule has 3 rings (SSSR count). The van der Waals surface area contributed by atoms with Gasteiger partial charge in [-0.15, -0.1) is 0 Å². The average molecular weight is 395 g/mol. The molecule has 0 aliphatic carbocycles. The molecule has 1 atom stereocenters. The molecule has 1 aliphatic heterocycles. The molecular formula is C18H15F2NO5S. The number of anilines is 1. The number of benzene rings is 2. The minimum Gasteiger partial charge on any atom is -0.485 e. The lowest BCUT2D eigenvalue weighted by Gasteiger charge is -2.24. The van der Waals surface area contributed by atoms with Gasteiger partial charge < -0.3 is 19.5 Å². The van der Waals surface area contributed by atoms with E-state index >= 15 is 0 Å². The van der Waals surface area contributed by atoms with Crippen LogP contribution in [0.3, 0.4) is 0 Å². The monoisotopic (exact) mass is 395 g/mol. The first kappa shape index (κ1) is 19.0. The Balaban J connectivity index is 1.46. The second-order valence-electron chi connectivity index (χ2n) is 5.42. The summed E-state index contributed by atoms with van der Waals surface area (Å²) in [5.41, 5.74) is 0.404. The van der Waals surface area contributed by atoms with Crippen LogP contribution in [-0.2, 0) is 14.3 Å². The second kappa shape index (κ2) is 8.72. The summed E-state index contributed by atoms with van der Waals surface area (Å²) >= 11 is 0.410. The smallest absolute Gasteiger partial charge is 0.351 e. The van der Waals surface area contributed by atoms with Crippen LogP contribution in [0.2, 0.25) is 0 Å². The third kappa shape index (κ3) is 5.33. The number of alkyl halides is 2. The van der Waals surface area contributed by atoms with E-state index in [-0.39, 0.29) is 6.61 Å². The first-order chi connectivity index (χ1) is 13.0. The number of hydrogen-bond donors (Lipinski definition) is 1. The number of ether oxygens (including phenoxy) is 3. The van der Waals surface area contributed by atoms with Crippen LogP contribution in [0.5, 0.6) is 11.5 Å². The van der Waals surface area contributed by atoms with Crippen molar-refractivity contribution in [2.75, 3.05) is 18.5 Å².